The second-order valence-electron chi connectivity index (χ2n) is 4.03. The van der Waals surface area contributed by atoms with Crippen molar-refractivity contribution in [3.8, 4) is 11.5 Å². The zero-order chi connectivity index (χ0) is 14.3. The first kappa shape index (κ1) is 15.8. The van der Waals surface area contributed by atoms with Gasteiger partial charge in [-0.25, -0.2) is 0 Å². The van der Waals surface area contributed by atoms with Crippen LogP contribution in [-0.2, 0) is 11.3 Å². The van der Waals surface area contributed by atoms with Crippen LogP contribution in [0.5, 0.6) is 11.5 Å². The van der Waals surface area contributed by atoms with Crippen molar-refractivity contribution in [2.24, 2.45) is 5.73 Å². The van der Waals surface area contributed by atoms with Crippen molar-refractivity contribution in [3.05, 3.63) is 22.2 Å². The predicted octanol–water partition coefficient (Wildman–Crippen LogP) is 1.82. The number of nitrogens with one attached hydrogen (secondary N) is 1. The van der Waals surface area contributed by atoms with Gasteiger partial charge in [-0.2, -0.15) is 0 Å². The first-order valence-corrected chi connectivity index (χ1v) is 6.86. The van der Waals surface area contributed by atoms with Gasteiger partial charge in [-0.05, 0) is 30.7 Å². The van der Waals surface area contributed by atoms with E-state index in [4.69, 9.17) is 15.2 Å². The van der Waals surface area contributed by atoms with Crippen LogP contribution >= 0.6 is 15.9 Å². The lowest BCUT2D eigenvalue weighted by molar-refractivity contribution is -0.119. The molecule has 0 aliphatic rings. The molecular weight excluding hydrogens is 312 g/mol. The molecule has 0 saturated carbocycles. The van der Waals surface area contributed by atoms with Crippen LogP contribution in [-0.4, -0.2) is 26.2 Å². The maximum Gasteiger partial charge on any atom is 0.255 e. The minimum Gasteiger partial charge on any atom is -0.493 e. The quantitative estimate of drug-likeness (QED) is 0.713. The van der Waals surface area contributed by atoms with Crippen LogP contribution in [0.4, 0.5) is 0 Å². The zero-order valence-corrected chi connectivity index (χ0v) is 12.7. The Morgan fingerprint density at radius 3 is 2.74 bits per heavy atom. The third kappa shape index (κ3) is 5.08. The molecule has 0 spiro atoms. The Labute approximate surface area is 121 Å². The number of hydrogen-bond donors (Lipinski definition) is 2. The number of carbonyl (C=O) groups is 1. The normalized spacial score (nSPS) is 10.3. The number of benzene rings is 1. The van der Waals surface area contributed by atoms with Gasteiger partial charge >= 0.3 is 0 Å². The fourth-order valence-corrected chi connectivity index (χ4v) is 2.00. The van der Waals surface area contributed by atoms with E-state index in [0.29, 0.717) is 11.5 Å². The van der Waals surface area contributed by atoms with E-state index in [1.165, 1.54) is 0 Å². The summed E-state index contributed by atoms with van der Waals surface area (Å²) >= 11 is 3.48. The molecule has 0 radical (unpaired) electrons. The number of halogens is 1. The number of ether oxygens (including phenoxy) is 2. The van der Waals surface area contributed by atoms with E-state index in [1.807, 2.05) is 6.07 Å². The van der Waals surface area contributed by atoms with Gasteiger partial charge < -0.3 is 20.5 Å². The number of carbonyl (C=O) groups excluding carboxylic acids is 1. The molecule has 0 heterocycles. The zero-order valence-electron chi connectivity index (χ0n) is 11.2. The second kappa shape index (κ2) is 8.01. The molecule has 0 fully saturated rings. The Kier molecular flexibility index (Phi) is 6.66. The number of methoxy groups -OCH3 is 1. The number of rotatable bonds is 8. The molecule has 0 aliphatic carbocycles. The Hall–Kier alpha value is -1.27. The summed E-state index contributed by atoms with van der Waals surface area (Å²) in [6.45, 7) is 3.63. The number of hydrogen-bond acceptors (Lipinski definition) is 4. The van der Waals surface area contributed by atoms with E-state index in [2.05, 4.69) is 28.2 Å². The number of nitrogens with two attached hydrogens (primary N) is 1. The fraction of sp³-hybridized carbons (Fsp3) is 0.462. The van der Waals surface area contributed by atoms with E-state index in [-0.39, 0.29) is 6.61 Å². The highest BCUT2D eigenvalue weighted by Gasteiger charge is 2.11. The molecule has 1 rings (SSSR count). The molecule has 1 aromatic carbocycles. The highest BCUT2D eigenvalue weighted by Crippen LogP contribution is 2.33. The predicted molar refractivity (Wildman–Crippen MR) is 77.4 cm³/mol. The van der Waals surface area contributed by atoms with Crippen molar-refractivity contribution in [2.75, 3.05) is 20.3 Å². The molecule has 0 aromatic heterocycles. The Bertz CT molecular complexity index is 438. The monoisotopic (exact) mass is 330 g/mol. The maximum atomic E-state index is 10.7. The molecule has 19 heavy (non-hydrogen) atoms. The van der Waals surface area contributed by atoms with Gasteiger partial charge in [0.15, 0.2) is 18.1 Å². The highest BCUT2D eigenvalue weighted by atomic mass is 79.9. The summed E-state index contributed by atoms with van der Waals surface area (Å²) in [4.78, 5) is 10.7. The van der Waals surface area contributed by atoms with Gasteiger partial charge in [0.05, 0.1) is 7.11 Å². The minimum atomic E-state index is -0.521. The summed E-state index contributed by atoms with van der Waals surface area (Å²) in [5.41, 5.74) is 6.12. The lowest BCUT2D eigenvalue weighted by Gasteiger charge is -2.13. The van der Waals surface area contributed by atoms with Crippen molar-refractivity contribution in [1.29, 1.82) is 0 Å². The largest absolute Gasteiger partial charge is 0.493 e. The van der Waals surface area contributed by atoms with Crippen LogP contribution in [0, 0.1) is 0 Å². The topological polar surface area (TPSA) is 73.6 Å². The van der Waals surface area contributed by atoms with Crippen molar-refractivity contribution >= 4 is 21.8 Å². The standard InChI is InChI=1S/C13H19BrN2O3/c1-3-4-16-7-9-5-11(18-2)12(6-10(9)14)19-8-13(15)17/h5-6,16H,3-4,7-8H2,1-2H3,(H2,15,17). The van der Waals surface area contributed by atoms with E-state index in [0.717, 1.165) is 29.5 Å². The van der Waals surface area contributed by atoms with E-state index >= 15 is 0 Å². The summed E-state index contributed by atoms with van der Waals surface area (Å²) in [5, 5.41) is 3.31. The van der Waals surface area contributed by atoms with Gasteiger partial charge in [0.1, 0.15) is 0 Å². The summed E-state index contributed by atoms with van der Waals surface area (Å²) in [6, 6.07) is 3.66. The van der Waals surface area contributed by atoms with Crippen molar-refractivity contribution in [3.63, 3.8) is 0 Å². The van der Waals surface area contributed by atoms with E-state index in [9.17, 15) is 4.79 Å². The van der Waals surface area contributed by atoms with Gasteiger partial charge in [-0.3, -0.25) is 4.79 Å². The molecular formula is C13H19BrN2O3. The van der Waals surface area contributed by atoms with Crippen LogP contribution in [0.25, 0.3) is 0 Å². The molecule has 5 nitrogen and oxygen atoms in total. The first-order valence-electron chi connectivity index (χ1n) is 6.06. The summed E-state index contributed by atoms with van der Waals surface area (Å²) in [5.74, 6) is 0.553. The fourth-order valence-electron chi connectivity index (χ4n) is 1.53. The molecule has 1 aromatic rings. The Morgan fingerprint density at radius 2 is 2.16 bits per heavy atom. The van der Waals surface area contributed by atoms with Gasteiger partial charge in [-0.1, -0.05) is 22.9 Å². The molecule has 0 unspecified atom stereocenters. The Balaban J connectivity index is 2.83. The minimum absolute atomic E-state index is 0.170. The maximum absolute atomic E-state index is 10.7. The van der Waals surface area contributed by atoms with Gasteiger partial charge in [0.25, 0.3) is 5.91 Å². The second-order valence-corrected chi connectivity index (χ2v) is 4.88. The first-order chi connectivity index (χ1) is 9.08. The molecule has 106 valence electrons. The third-order valence-corrected chi connectivity index (χ3v) is 3.18. The lowest BCUT2D eigenvalue weighted by atomic mass is 10.2. The van der Waals surface area contributed by atoms with Gasteiger partial charge in [0.2, 0.25) is 0 Å². The molecule has 0 saturated heterocycles. The number of primary amides is 1. The molecule has 0 bridgehead atoms. The third-order valence-electron chi connectivity index (χ3n) is 2.44. The average molecular weight is 331 g/mol. The molecule has 1 amide bonds. The highest BCUT2D eigenvalue weighted by molar-refractivity contribution is 9.10. The van der Waals surface area contributed by atoms with Crippen LogP contribution in [0.1, 0.15) is 18.9 Å². The van der Waals surface area contributed by atoms with E-state index < -0.39 is 5.91 Å². The number of amides is 1. The SMILES string of the molecule is CCCNCc1cc(OC)c(OCC(N)=O)cc1Br. The molecule has 0 aliphatic heterocycles. The molecule has 6 heteroatoms. The molecule has 0 atom stereocenters. The van der Waals surface area contributed by atoms with Gasteiger partial charge in [-0.15, -0.1) is 0 Å². The van der Waals surface area contributed by atoms with Crippen LogP contribution in [0.2, 0.25) is 0 Å². The van der Waals surface area contributed by atoms with Crippen LogP contribution in [0.15, 0.2) is 16.6 Å². The molecule has 3 N–H and O–H groups in total. The van der Waals surface area contributed by atoms with Gasteiger partial charge in [0, 0.05) is 11.0 Å². The van der Waals surface area contributed by atoms with Crippen LogP contribution in [0.3, 0.4) is 0 Å². The summed E-state index contributed by atoms with van der Waals surface area (Å²) < 4.78 is 11.5. The average Bonchev–Trinajstić information content (AvgIpc) is 2.38. The summed E-state index contributed by atoms with van der Waals surface area (Å²) in [7, 11) is 1.56. The van der Waals surface area contributed by atoms with Crippen LogP contribution < -0.4 is 20.5 Å². The van der Waals surface area contributed by atoms with Crippen molar-refractivity contribution in [2.45, 2.75) is 19.9 Å². The summed E-state index contributed by atoms with van der Waals surface area (Å²) in [6.07, 6.45) is 1.08. The van der Waals surface area contributed by atoms with Crippen molar-refractivity contribution in [1.82, 2.24) is 5.32 Å². The van der Waals surface area contributed by atoms with Crippen molar-refractivity contribution < 1.29 is 14.3 Å². The smallest absolute Gasteiger partial charge is 0.255 e. The van der Waals surface area contributed by atoms with E-state index in [1.54, 1.807) is 13.2 Å². The Morgan fingerprint density at radius 1 is 1.42 bits per heavy atom. The lowest BCUT2D eigenvalue weighted by Crippen LogP contribution is -2.20.